The Hall–Kier alpha value is -2.15. The van der Waals surface area contributed by atoms with Crippen LogP contribution in [0.4, 0.5) is 5.69 Å². The lowest BCUT2D eigenvalue weighted by Gasteiger charge is -2.21. The van der Waals surface area contributed by atoms with Gasteiger partial charge in [-0.1, -0.05) is 12.1 Å². The summed E-state index contributed by atoms with van der Waals surface area (Å²) in [6.45, 7) is 0. The summed E-state index contributed by atoms with van der Waals surface area (Å²) in [5.74, 6) is -0.806. The minimum absolute atomic E-state index is 0.0884. The van der Waals surface area contributed by atoms with Crippen LogP contribution in [0.1, 0.15) is 16.8 Å². The molecule has 0 saturated heterocycles. The van der Waals surface area contributed by atoms with Gasteiger partial charge in [-0.2, -0.15) is 0 Å². The van der Waals surface area contributed by atoms with E-state index in [1.165, 1.54) is 7.11 Å². The first-order valence-electron chi connectivity index (χ1n) is 6.30. The van der Waals surface area contributed by atoms with Crippen LogP contribution in [0.2, 0.25) is 0 Å². The van der Waals surface area contributed by atoms with Gasteiger partial charge in [0.15, 0.2) is 10.9 Å². The van der Waals surface area contributed by atoms with Crippen LogP contribution in [0.25, 0.3) is 0 Å². The third kappa shape index (κ3) is 4.71. The zero-order valence-electron chi connectivity index (χ0n) is 12.3. The molecule has 1 aromatic rings. The van der Waals surface area contributed by atoms with E-state index in [9.17, 15) is 9.59 Å². The molecule has 0 aliphatic rings. The van der Waals surface area contributed by atoms with E-state index in [2.05, 4.69) is 5.32 Å². The van der Waals surface area contributed by atoms with Crippen LogP contribution in [-0.4, -0.2) is 49.0 Å². The standard InChI is InChI=1S/C14H19N3O3S/c1-17(2)14(21)16-11(13(19)20-3)8-12(18)9-6-4-5-7-10(9)15/h4-7,11H,8,15H2,1-3H3,(H,16,21)/t11-/m0/s1. The lowest BCUT2D eigenvalue weighted by molar-refractivity contribution is -0.142. The van der Waals surface area contributed by atoms with Gasteiger partial charge in [0, 0.05) is 31.8 Å². The number of nitrogen functional groups attached to an aromatic ring is 1. The minimum Gasteiger partial charge on any atom is -0.467 e. The summed E-state index contributed by atoms with van der Waals surface area (Å²) in [5.41, 5.74) is 6.52. The molecule has 0 spiro atoms. The molecule has 3 N–H and O–H groups in total. The minimum atomic E-state index is -0.850. The van der Waals surface area contributed by atoms with Crippen molar-refractivity contribution in [2.45, 2.75) is 12.5 Å². The number of nitrogens with zero attached hydrogens (tertiary/aromatic N) is 1. The van der Waals surface area contributed by atoms with E-state index >= 15 is 0 Å². The topological polar surface area (TPSA) is 84.7 Å². The number of benzene rings is 1. The second-order valence-electron chi connectivity index (χ2n) is 4.63. The number of rotatable bonds is 5. The molecule has 0 amide bonds. The lowest BCUT2D eigenvalue weighted by atomic mass is 10.0. The number of thiocarbonyl (C=S) groups is 1. The van der Waals surface area contributed by atoms with Crippen molar-refractivity contribution in [3.63, 3.8) is 0 Å². The van der Waals surface area contributed by atoms with E-state index in [4.69, 9.17) is 22.7 Å². The largest absolute Gasteiger partial charge is 0.467 e. The average molecular weight is 309 g/mol. The number of hydrogen-bond donors (Lipinski definition) is 2. The van der Waals surface area contributed by atoms with Crippen molar-refractivity contribution in [1.82, 2.24) is 10.2 Å². The summed E-state index contributed by atoms with van der Waals surface area (Å²) in [5, 5.41) is 3.15. The van der Waals surface area contributed by atoms with E-state index in [1.54, 1.807) is 43.3 Å². The molecular formula is C14H19N3O3S. The van der Waals surface area contributed by atoms with Crippen LogP contribution < -0.4 is 11.1 Å². The van der Waals surface area contributed by atoms with Crippen molar-refractivity contribution in [3.05, 3.63) is 29.8 Å². The van der Waals surface area contributed by atoms with E-state index in [0.717, 1.165) is 0 Å². The molecule has 0 heterocycles. The highest BCUT2D eigenvalue weighted by atomic mass is 32.1. The fraction of sp³-hybridized carbons (Fsp3) is 0.357. The van der Waals surface area contributed by atoms with Gasteiger partial charge in [-0.15, -0.1) is 0 Å². The van der Waals surface area contributed by atoms with Gasteiger partial charge in [0.05, 0.1) is 7.11 Å². The van der Waals surface area contributed by atoms with Gasteiger partial charge in [0.2, 0.25) is 0 Å². The van der Waals surface area contributed by atoms with Gasteiger partial charge in [-0.3, -0.25) is 4.79 Å². The van der Waals surface area contributed by atoms with Gasteiger partial charge in [-0.05, 0) is 24.4 Å². The lowest BCUT2D eigenvalue weighted by Crippen LogP contribution is -2.46. The number of carbonyl (C=O) groups is 2. The zero-order chi connectivity index (χ0) is 16.0. The van der Waals surface area contributed by atoms with E-state index in [-0.39, 0.29) is 12.2 Å². The van der Waals surface area contributed by atoms with Crippen LogP contribution in [0.3, 0.4) is 0 Å². The number of nitrogens with two attached hydrogens (primary N) is 1. The molecule has 0 fully saturated rings. The predicted octanol–water partition coefficient (Wildman–Crippen LogP) is 0.819. The molecule has 0 aromatic heterocycles. The van der Waals surface area contributed by atoms with Crippen LogP contribution in [0, 0.1) is 0 Å². The highest BCUT2D eigenvalue weighted by Crippen LogP contribution is 2.14. The summed E-state index contributed by atoms with van der Waals surface area (Å²) in [7, 11) is 4.73. The number of ether oxygens (including phenoxy) is 1. The molecule has 0 unspecified atom stereocenters. The summed E-state index contributed by atoms with van der Waals surface area (Å²) in [4.78, 5) is 25.7. The molecule has 0 aliphatic heterocycles. The first kappa shape index (κ1) is 16.9. The fourth-order valence-corrected chi connectivity index (χ4v) is 1.80. The second-order valence-corrected chi connectivity index (χ2v) is 5.02. The maximum atomic E-state index is 12.3. The normalized spacial score (nSPS) is 11.4. The van der Waals surface area contributed by atoms with Crippen LogP contribution in [-0.2, 0) is 9.53 Å². The SMILES string of the molecule is COC(=O)[C@H](CC(=O)c1ccccc1N)NC(=S)N(C)C. The maximum absolute atomic E-state index is 12.3. The molecule has 1 atom stereocenters. The molecule has 6 nitrogen and oxygen atoms in total. The number of anilines is 1. The Morgan fingerprint density at radius 2 is 2.00 bits per heavy atom. The average Bonchev–Trinajstić information content (AvgIpc) is 2.45. The number of nitrogens with one attached hydrogen (secondary N) is 1. The van der Waals surface area contributed by atoms with Gasteiger partial charge in [0.25, 0.3) is 0 Å². The quantitative estimate of drug-likeness (QED) is 0.360. The Labute approximate surface area is 129 Å². The predicted molar refractivity (Wildman–Crippen MR) is 85.0 cm³/mol. The zero-order valence-corrected chi connectivity index (χ0v) is 13.1. The van der Waals surface area contributed by atoms with Crippen molar-refractivity contribution < 1.29 is 14.3 Å². The molecule has 114 valence electrons. The number of Topliss-reactive ketones (excluding diaryl/α,β-unsaturated/α-hetero) is 1. The smallest absolute Gasteiger partial charge is 0.328 e. The Morgan fingerprint density at radius 1 is 1.38 bits per heavy atom. The van der Waals surface area contributed by atoms with Gasteiger partial charge >= 0.3 is 5.97 Å². The van der Waals surface area contributed by atoms with Gasteiger partial charge < -0.3 is 20.7 Å². The first-order chi connectivity index (χ1) is 9.86. The van der Waals surface area contributed by atoms with E-state index in [1.807, 2.05) is 0 Å². The van der Waals surface area contributed by atoms with Crippen LogP contribution in [0.15, 0.2) is 24.3 Å². The van der Waals surface area contributed by atoms with Crippen LogP contribution >= 0.6 is 12.2 Å². The number of esters is 1. The van der Waals surface area contributed by atoms with Crippen molar-refractivity contribution in [2.24, 2.45) is 0 Å². The molecule has 1 rings (SSSR count). The Balaban J connectivity index is 2.86. The second kappa shape index (κ2) is 7.58. The third-order valence-electron chi connectivity index (χ3n) is 2.84. The summed E-state index contributed by atoms with van der Waals surface area (Å²) in [6.07, 6.45) is -0.0884. The Bertz CT molecular complexity index is 546. The van der Waals surface area contributed by atoms with Crippen LogP contribution in [0.5, 0.6) is 0 Å². The Morgan fingerprint density at radius 3 is 2.52 bits per heavy atom. The first-order valence-corrected chi connectivity index (χ1v) is 6.71. The molecule has 0 radical (unpaired) electrons. The molecular weight excluding hydrogens is 290 g/mol. The summed E-state index contributed by atoms with van der Waals surface area (Å²) >= 11 is 5.09. The monoisotopic (exact) mass is 309 g/mol. The molecule has 1 aromatic carbocycles. The van der Waals surface area contributed by atoms with Gasteiger partial charge in [-0.25, -0.2) is 4.79 Å². The Kier molecular flexibility index (Phi) is 6.10. The van der Waals surface area contributed by atoms with Crippen molar-refractivity contribution in [2.75, 3.05) is 26.9 Å². The fourth-order valence-electron chi connectivity index (χ4n) is 1.66. The number of carbonyl (C=O) groups excluding carboxylic acids is 2. The van der Waals surface area contributed by atoms with Crippen molar-refractivity contribution in [1.29, 1.82) is 0 Å². The maximum Gasteiger partial charge on any atom is 0.328 e. The highest BCUT2D eigenvalue weighted by Gasteiger charge is 2.25. The molecule has 0 bridgehead atoms. The summed E-state index contributed by atoms with van der Waals surface area (Å²) in [6, 6.07) is 5.86. The molecule has 0 saturated carbocycles. The van der Waals surface area contributed by atoms with Crippen molar-refractivity contribution >= 4 is 34.8 Å². The van der Waals surface area contributed by atoms with E-state index < -0.39 is 12.0 Å². The number of para-hydroxylation sites is 1. The molecule has 7 heteroatoms. The highest BCUT2D eigenvalue weighted by molar-refractivity contribution is 7.80. The number of methoxy groups -OCH3 is 1. The molecule has 0 aliphatic carbocycles. The molecule has 21 heavy (non-hydrogen) atoms. The number of ketones is 1. The summed E-state index contributed by atoms with van der Waals surface area (Å²) < 4.78 is 4.70. The van der Waals surface area contributed by atoms with Crippen molar-refractivity contribution in [3.8, 4) is 0 Å². The van der Waals surface area contributed by atoms with Gasteiger partial charge in [0.1, 0.15) is 6.04 Å². The number of hydrogen-bond acceptors (Lipinski definition) is 5. The van der Waals surface area contributed by atoms with E-state index in [0.29, 0.717) is 16.4 Å². The third-order valence-corrected chi connectivity index (χ3v) is 3.32.